The number of carbonyl (C=O) groups is 4. The number of amides is 5. The Hall–Kier alpha value is -2.91. The van der Waals surface area contributed by atoms with E-state index in [9.17, 15) is 32.3 Å². The molecule has 2 rings (SSSR count). The minimum absolute atomic E-state index is 0.191. The van der Waals surface area contributed by atoms with E-state index in [0.717, 1.165) is 11.1 Å². The summed E-state index contributed by atoms with van der Waals surface area (Å²) in [6, 6.07) is 3.75. The minimum Gasteiger partial charge on any atom is -0.324 e. The standard InChI is InChI=1S/C15H14F3N3O4/c1-8-4-3-5-9(2)11(8)19-10(22)6-20-12(23)13(24)21(14(20)25)7-15(16,17)18/h3-5H,6-7H2,1-2H3,(H,19,22). The fraction of sp³-hybridized carbons (Fsp3) is 0.333. The van der Waals surface area contributed by atoms with E-state index < -0.39 is 43.0 Å². The van der Waals surface area contributed by atoms with Gasteiger partial charge >= 0.3 is 24.0 Å². The molecule has 0 spiro atoms. The Morgan fingerprint density at radius 3 is 2.08 bits per heavy atom. The first kappa shape index (κ1) is 18.4. The molecule has 0 bridgehead atoms. The molecule has 1 N–H and O–H groups in total. The van der Waals surface area contributed by atoms with Crippen LogP contribution in [-0.2, 0) is 14.4 Å². The van der Waals surface area contributed by atoms with Gasteiger partial charge in [-0.3, -0.25) is 14.4 Å². The third-order valence-corrected chi connectivity index (χ3v) is 3.52. The first-order valence-corrected chi connectivity index (χ1v) is 7.11. The van der Waals surface area contributed by atoms with Gasteiger partial charge in [-0.1, -0.05) is 18.2 Å². The van der Waals surface area contributed by atoms with Crippen molar-refractivity contribution >= 4 is 29.4 Å². The van der Waals surface area contributed by atoms with Crippen LogP contribution in [0, 0.1) is 13.8 Å². The van der Waals surface area contributed by atoms with Gasteiger partial charge in [-0.05, 0) is 25.0 Å². The third-order valence-electron chi connectivity index (χ3n) is 3.52. The van der Waals surface area contributed by atoms with Gasteiger partial charge in [0.1, 0.15) is 13.1 Å². The first-order valence-electron chi connectivity index (χ1n) is 7.11. The summed E-state index contributed by atoms with van der Waals surface area (Å²) in [5.41, 5.74) is 1.91. The summed E-state index contributed by atoms with van der Waals surface area (Å²) >= 11 is 0. The van der Waals surface area contributed by atoms with E-state index >= 15 is 0 Å². The molecular weight excluding hydrogens is 343 g/mol. The molecule has 0 aliphatic carbocycles. The van der Waals surface area contributed by atoms with Crippen molar-refractivity contribution in [3.8, 4) is 0 Å². The summed E-state index contributed by atoms with van der Waals surface area (Å²) in [4.78, 5) is 47.1. The minimum atomic E-state index is -4.85. The molecule has 1 fully saturated rings. The number of rotatable bonds is 4. The highest BCUT2D eigenvalue weighted by Gasteiger charge is 2.49. The van der Waals surface area contributed by atoms with Crippen LogP contribution in [0.5, 0.6) is 0 Å². The molecule has 25 heavy (non-hydrogen) atoms. The second-order valence-corrected chi connectivity index (χ2v) is 5.50. The zero-order valence-electron chi connectivity index (χ0n) is 13.3. The van der Waals surface area contributed by atoms with E-state index in [1.54, 1.807) is 32.0 Å². The molecule has 1 heterocycles. The summed E-state index contributed by atoms with van der Waals surface area (Å²) in [5, 5.41) is 2.49. The van der Waals surface area contributed by atoms with Crippen LogP contribution in [0.1, 0.15) is 11.1 Å². The molecule has 1 aromatic rings. The Kier molecular flexibility index (Phi) is 4.82. The maximum Gasteiger partial charge on any atom is 0.406 e. The first-order chi connectivity index (χ1) is 11.5. The Morgan fingerprint density at radius 2 is 1.56 bits per heavy atom. The molecule has 134 valence electrons. The number of imide groups is 2. The molecule has 0 aromatic heterocycles. The van der Waals surface area contributed by atoms with Gasteiger partial charge in [0, 0.05) is 5.69 Å². The number of hydrogen-bond acceptors (Lipinski definition) is 4. The average Bonchev–Trinajstić information content (AvgIpc) is 2.68. The molecule has 1 aromatic carbocycles. The molecule has 1 aliphatic rings. The summed E-state index contributed by atoms with van der Waals surface area (Å²) in [7, 11) is 0. The van der Waals surface area contributed by atoms with Crippen molar-refractivity contribution < 1.29 is 32.3 Å². The van der Waals surface area contributed by atoms with Gasteiger partial charge < -0.3 is 5.32 Å². The fourth-order valence-corrected chi connectivity index (χ4v) is 2.34. The second-order valence-electron chi connectivity index (χ2n) is 5.50. The van der Waals surface area contributed by atoms with E-state index in [-0.39, 0.29) is 9.80 Å². The van der Waals surface area contributed by atoms with Gasteiger partial charge in [0.2, 0.25) is 5.91 Å². The zero-order valence-corrected chi connectivity index (χ0v) is 13.3. The van der Waals surface area contributed by atoms with Gasteiger partial charge in [0.25, 0.3) is 0 Å². The van der Waals surface area contributed by atoms with Crippen LogP contribution >= 0.6 is 0 Å². The van der Waals surface area contributed by atoms with Crippen molar-refractivity contribution in [2.75, 3.05) is 18.4 Å². The molecule has 1 saturated heterocycles. The van der Waals surface area contributed by atoms with Crippen molar-refractivity contribution in [1.29, 1.82) is 0 Å². The Bertz CT molecular complexity index is 741. The largest absolute Gasteiger partial charge is 0.406 e. The van der Waals surface area contributed by atoms with Gasteiger partial charge in [0.05, 0.1) is 0 Å². The number of urea groups is 1. The van der Waals surface area contributed by atoms with E-state index in [4.69, 9.17) is 0 Å². The Labute approximate surface area is 140 Å². The molecule has 5 amide bonds. The molecule has 0 atom stereocenters. The quantitative estimate of drug-likeness (QED) is 0.655. The number of halogens is 3. The van der Waals surface area contributed by atoms with E-state index in [2.05, 4.69) is 5.32 Å². The van der Waals surface area contributed by atoms with E-state index in [1.807, 2.05) is 0 Å². The number of alkyl halides is 3. The van der Waals surface area contributed by atoms with Gasteiger partial charge in [-0.25, -0.2) is 14.6 Å². The summed E-state index contributed by atoms with van der Waals surface area (Å²) in [6.45, 7) is 0.712. The number of benzene rings is 1. The monoisotopic (exact) mass is 357 g/mol. The normalized spacial score (nSPS) is 15.2. The van der Waals surface area contributed by atoms with Crippen molar-refractivity contribution in [1.82, 2.24) is 9.80 Å². The van der Waals surface area contributed by atoms with Crippen molar-refractivity contribution in [3.05, 3.63) is 29.3 Å². The lowest BCUT2D eigenvalue weighted by Gasteiger charge is -2.17. The zero-order chi connectivity index (χ0) is 18.9. The average molecular weight is 357 g/mol. The SMILES string of the molecule is Cc1cccc(C)c1NC(=O)CN1C(=O)C(=O)N(CC(F)(F)F)C1=O. The molecule has 7 nitrogen and oxygen atoms in total. The second kappa shape index (κ2) is 6.54. The lowest BCUT2D eigenvalue weighted by molar-refractivity contribution is -0.156. The van der Waals surface area contributed by atoms with Gasteiger partial charge in [-0.2, -0.15) is 13.2 Å². The summed E-state index contributed by atoms with van der Waals surface area (Å²) in [6.07, 6.45) is -4.85. The highest BCUT2D eigenvalue weighted by molar-refractivity contribution is 6.45. The molecule has 0 radical (unpaired) electrons. The van der Waals surface area contributed by atoms with Crippen LogP contribution < -0.4 is 5.32 Å². The number of nitrogens with zero attached hydrogens (tertiary/aromatic N) is 2. The summed E-state index contributed by atoms with van der Waals surface area (Å²) in [5.74, 6) is -3.88. The third kappa shape index (κ3) is 3.95. The van der Waals surface area contributed by atoms with Crippen LogP contribution in [0.3, 0.4) is 0 Å². The number of carbonyl (C=O) groups excluding carboxylic acids is 4. The van der Waals surface area contributed by atoms with Crippen LogP contribution in [0.25, 0.3) is 0 Å². The van der Waals surface area contributed by atoms with Crippen LogP contribution in [0.15, 0.2) is 18.2 Å². The fourth-order valence-electron chi connectivity index (χ4n) is 2.34. The van der Waals surface area contributed by atoms with Crippen LogP contribution in [0.2, 0.25) is 0 Å². The number of hydrogen-bond donors (Lipinski definition) is 1. The number of aryl methyl sites for hydroxylation is 2. The number of nitrogens with one attached hydrogen (secondary N) is 1. The number of anilines is 1. The Balaban J connectivity index is 2.12. The molecule has 0 saturated carbocycles. The van der Waals surface area contributed by atoms with Crippen molar-refractivity contribution in [2.24, 2.45) is 0 Å². The van der Waals surface area contributed by atoms with E-state index in [1.165, 1.54) is 0 Å². The van der Waals surface area contributed by atoms with Crippen molar-refractivity contribution in [3.63, 3.8) is 0 Å². The summed E-state index contributed by atoms with van der Waals surface area (Å²) < 4.78 is 37.2. The highest BCUT2D eigenvalue weighted by atomic mass is 19.4. The molecule has 1 aliphatic heterocycles. The predicted octanol–water partition coefficient (Wildman–Crippen LogP) is 1.60. The topological polar surface area (TPSA) is 86.8 Å². The smallest absolute Gasteiger partial charge is 0.324 e. The maximum absolute atomic E-state index is 12.4. The lowest BCUT2D eigenvalue weighted by Crippen LogP contribution is -2.41. The maximum atomic E-state index is 12.4. The number of para-hydroxylation sites is 1. The predicted molar refractivity (Wildman–Crippen MR) is 79.4 cm³/mol. The molecule has 0 unspecified atom stereocenters. The van der Waals surface area contributed by atoms with Gasteiger partial charge in [0.15, 0.2) is 0 Å². The highest BCUT2D eigenvalue weighted by Crippen LogP contribution is 2.22. The van der Waals surface area contributed by atoms with Crippen molar-refractivity contribution in [2.45, 2.75) is 20.0 Å². The van der Waals surface area contributed by atoms with E-state index in [0.29, 0.717) is 5.69 Å². The lowest BCUT2D eigenvalue weighted by atomic mass is 10.1. The van der Waals surface area contributed by atoms with Crippen LogP contribution in [-0.4, -0.2) is 52.8 Å². The molecule has 10 heteroatoms. The van der Waals surface area contributed by atoms with Crippen LogP contribution in [0.4, 0.5) is 23.7 Å². The van der Waals surface area contributed by atoms with Gasteiger partial charge in [-0.15, -0.1) is 0 Å². The molecular formula is C15H14F3N3O4. The Morgan fingerprint density at radius 1 is 1.04 bits per heavy atom.